The molecule has 0 aliphatic heterocycles. The average Bonchev–Trinajstić information content (AvgIpc) is 2.66. The zero-order valence-electron chi connectivity index (χ0n) is 16.9. The SMILES string of the molecule is CCCCCc1cccc(OC(=O)Oc2ccccc2C)c1CCCCC. The number of carbonyl (C=O) groups excluding carboxylic acids is 1. The van der Waals surface area contributed by atoms with Crippen molar-refractivity contribution in [3.05, 3.63) is 59.2 Å². The highest BCUT2D eigenvalue weighted by Crippen LogP contribution is 2.27. The van der Waals surface area contributed by atoms with Crippen molar-refractivity contribution < 1.29 is 14.3 Å². The number of carbonyl (C=O) groups is 1. The van der Waals surface area contributed by atoms with Crippen LogP contribution in [0.25, 0.3) is 0 Å². The molecular weight excluding hydrogens is 336 g/mol. The van der Waals surface area contributed by atoms with Crippen LogP contribution in [0.4, 0.5) is 4.79 Å². The molecule has 3 nitrogen and oxygen atoms in total. The third-order valence-electron chi connectivity index (χ3n) is 4.79. The summed E-state index contributed by atoms with van der Waals surface area (Å²) >= 11 is 0. The Bertz CT molecular complexity index is 721. The second-order valence-electron chi connectivity index (χ2n) is 7.03. The van der Waals surface area contributed by atoms with Gasteiger partial charge in [-0.05, 0) is 61.4 Å². The first kappa shape index (κ1) is 21.0. The minimum absolute atomic E-state index is 0.536. The van der Waals surface area contributed by atoms with Gasteiger partial charge < -0.3 is 9.47 Å². The first-order chi connectivity index (χ1) is 13.2. The molecule has 0 aromatic heterocycles. The van der Waals surface area contributed by atoms with Gasteiger partial charge in [-0.2, -0.15) is 0 Å². The van der Waals surface area contributed by atoms with Crippen LogP contribution in [0.15, 0.2) is 42.5 Å². The number of hydrogen-bond donors (Lipinski definition) is 0. The lowest BCUT2D eigenvalue weighted by molar-refractivity contribution is 0.151. The standard InChI is InChI=1S/C24H32O3/c1-4-6-8-14-20-15-12-18-23(21(20)16-9-7-5-2)27-24(25)26-22-17-11-10-13-19(22)3/h10-13,15,17-18H,4-9,14,16H2,1-3H3. The summed E-state index contributed by atoms with van der Waals surface area (Å²) in [6, 6.07) is 13.5. The molecule has 146 valence electrons. The number of aryl methyl sites for hydroxylation is 2. The van der Waals surface area contributed by atoms with Gasteiger partial charge in [0.25, 0.3) is 0 Å². The lowest BCUT2D eigenvalue weighted by atomic mass is 9.96. The van der Waals surface area contributed by atoms with Gasteiger partial charge in [0.05, 0.1) is 0 Å². The van der Waals surface area contributed by atoms with Crippen molar-refractivity contribution in [3.8, 4) is 11.5 Å². The monoisotopic (exact) mass is 368 g/mol. The normalized spacial score (nSPS) is 10.6. The zero-order chi connectivity index (χ0) is 19.5. The van der Waals surface area contributed by atoms with E-state index in [-0.39, 0.29) is 0 Å². The Hall–Kier alpha value is -2.29. The van der Waals surface area contributed by atoms with E-state index < -0.39 is 6.16 Å². The molecule has 0 amide bonds. The first-order valence-corrected chi connectivity index (χ1v) is 10.2. The molecule has 0 radical (unpaired) electrons. The van der Waals surface area contributed by atoms with Crippen LogP contribution in [0.3, 0.4) is 0 Å². The highest BCUT2D eigenvalue weighted by molar-refractivity contribution is 5.68. The Kier molecular flexibility index (Phi) is 8.90. The molecule has 0 aliphatic carbocycles. The summed E-state index contributed by atoms with van der Waals surface area (Å²) in [5, 5.41) is 0. The van der Waals surface area contributed by atoms with Crippen molar-refractivity contribution >= 4 is 6.16 Å². The molecule has 0 saturated carbocycles. The van der Waals surface area contributed by atoms with Gasteiger partial charge in [0, 0.05) is 0 Å². The molecule has 3 heteroatoms. The molecule has 2 aromatic rings. The Morgan fingerprint density at radius 1 is 0.778 bits per heavy atom. The van der Waals surface area contributed by atoms with Gasteiger partial charge in [-0.25, -0.2) is 4.79 Å². The Morgan fingerprint density at radius 3 is 2.11 bits per heavy atom. The molecule has 0 unspecified atom stereocenters. The smallest absolute Gasteiger partial charge is 0.394 e. The highest BCUT2D eigenvalue weighted by atomic mass is 16.7. The molecule has 0 fully saturated rings. The van der Waals surface area contributed by atoms with E-state index in [1.807, 2.05) is 37.3 Å². The first-order valence-electron chi connectivity index (χ1n) is 10.2. The minimum Gasteiger partial charge on any atom is -0.394 e. The molecule has 0 spiro atoms. The predicted octanol–water partition coefficient (Wildman–Crippen LogP) is 7.04. The molecule has 0 bridgehead atoms. The Morgan fingerprint density at radius 2 is 1.41 bits per heavy atom. The maximum atomic E-state index is 12.3. The largest absolute Gasteiger partial charge is 0.519 e. The lowest BCUT2D eigenvalue weighted by Gasteiger charge is -2.15. The molecule has 2 rings (SSSR count). The van der Waals surface area contributed by atoms with Crippen LogP contribution < -0.4 is 9.47 Å². The Labute approximate surface area is 163 Å². The highest BCUT2D eigenvalue weighted by Gasteiger charge is 2.15. The average molecular weight is 369 g/mol. The van der Waals surface area contributed by atoms with Gasteiger partial charge >= 0.3 is 6.16 Å². The minimum atomic E-state index is -0.674. The quantitative estimate of drug-likeness (QED) is 0.256. The fraction of sp³-hybridized carbons (Fsp3) is 0.458. The van der Waals surface area contributed by atoms with Crippen molar-refractivity contribution in [1.82, 2.24) is 0 Å². The summed E-state index contributed by atoms with van der Waals surface area (Å²) in [6.07, 6.45) is 8.31. The summed E-state index contributed by atoms with van der Waals surface area (Å²) in [4.78, 5) is 12.3. The summed E-state index contributed by atoms with van der Waals surface area (Å²) in [6.45, 7) is 6.32. The van der Waals surface area contributed by atoms with Gasteiger partial charge in [0.2, 0.25) is 0 Å². The van der Waals surface area contributed by atoms with Crippen molar-refractivity contribution in [2.24, 2.45) is 0 Å². The van der Waals surface area contributed by atoms with E-state index in [9.17, 15) is 4.79 Å². The van der Waals surface area contributed by atoms with Crippen LogP contribution in [0.5, 0.6) is 11.5 Å². The van der Waals surface area contributed by atoms with E-state index in [1.165, 1.54) is 31.2 Å². The summed E-state index contributed by atoms with van der Waals surface area (Å²) in [5.74, 6) is 1.17. The fourth-order valence-corrected chi connectivity index (χ4v) is 3.21. The van der Waals surface area contributed by atoms with Crippen molar-refractivity contribution in [2.75, 3.05) is 0 Å². The van der Waals surface area contributed by atoms with Crippen molar-refractivity contribution in [3.63, 3.8) is 0 Å². The van der Waals surface area contributed by atoms with Crippen LogP contribution >= 0.6 is 0 Å². The van der Waals surface area contributed by atoms with E-state index in [0.29, 0.717) is 11.5 Å². The van der Waals surface area contributed by atoms with Crippen molar-refractivity contribution in [2.45, 2.75) is 72.1 Å². The fourth-order valence-electron chi connectivity index (χ4n) is 3.21. The van der Waals surface area contributed by atoms with Crippen LogP contribution in [0.2, 0.25) is 0 Å². The van der Waals surface area contributed by atoms with Gasteiger partial charge in [-0.15, -0.1) is 0 Å². The van der Waals surface area contributed by atoms with E-state index in [0.717, 1.165) is 36.8 Å². The molecule has 2 aromatic carbocycles. The third kappa shape index (κ3) is 6.74. The summed E-state index contributed by atoms with van der Waals surface area (Å²) in [5.41, 5.74) is 3.36. The maximum Gasteiger partial charge on any atom is 0.519 e. The molecule has 0 aliphatic rings. The number of rotatable bonds is 10. The maximum absolute atomic E-state index is 12.3. The van der Waals surface area contributed by atoms with Gasteiger partial charge in [-0.3, -0.25) is 0 Å². The molecule has 0 N–H and O–H groups in total. The topological polar surface area (TPSA) is 35.5 Å². The molecule has 27 heavy (non-hydrogen) atoms. The van der Waals surface area contributed by atoms with E-state index in [1.54, 1.807) is 6.07 Å². The number of para-hydroxylation sites is 1. The number of hydrogen-bond acceptors (Lipinski definition) is 3. The number of benzene rings is 2. The second-order valence-corrected chi connectivity index (χ2v) is 7.03. The Balaban J connectivity index is 2.14. The number of ether oxygens (including phenoxy) is 2. The second kappa shape index (κ2) is 11.4. The number of unbranched alkanes of at least 4 members (excludes halogenated alkanes) is 4. The lowest BCUT2D eigenvalue weighted by Crippen LogP contribution is -2.16. The molecule has 0 atom stereocenters. The molecule has 0 heterocycles. The van der Waals surface area contributed by atoms with E-state index in [4.69, 9.17) is 9.47 Å². The molecule has 0 saturated heterocycles. The van der Waals surface area contributed by atoms with Gasteiger partial charge in [0.1, 0.15) is 11.5 Å². The van der Waals surface area contributed by atoms with Crippen LogP contribution in [-0.2, 0) is 12.8 Å². The van der Waals surface area contributed by atoms with Crippen LogP contribution in [-0.4, -0.2) is 6.16 Å². The van der Waals surface area contributed by atoms with Crippen molar-refractivity contribution in [1.29, 1.82) is 0 Å². The van der Waals surface area contributed by atoms with Gasteiger partial charge in [0.15, 0.2) is 0 Å². The van der Waals surface area contributed by atoms with Crippen LogP contribution in [0.1, 0.15) is 69.1 Å². The predicted molar refractivity (Wildman–Crippen MR) is 111 cm³/mol. The van der Waals surface area contributed by atoms with E-state index >= 15 is 0 Å². The summed E-state index contributed by atoms with van der Waals surface area (Å²) < 4.78 is 11.0. The third-order valence-corrected chi connectivity index (χ3v) is 4.79. The zero-order valence-corrected chi connectivity index (χ0v) is 16.9. The van der Waals surface area contributed by atoms with Gasteiger partial charge in [-0.1, -0.05) is 69.9 Å². The van der Waals surface area contributed by atoms with E-state index in [2.05, 4.69) is 19.9 Å². The van der Waals surface area contributed by atoms with Crippen LogP contribution in [0, 0.1) is 6.92 Å². The molecular formula is C24H32O3. The summed E-state index contributed by atoms with van der Waals surface area (Å²) in [7, 11) is 0.